The van der Waals surface area contributed by atoms with Gasteiger partial charge in [0.1, 0.15) is 18.0 Å². The highest BCUT2D eigenvalue weighted by Gasteiger charge is 2.14. The number of nitrogens with zero attached hydrogens (tertiary/aromatic N) is 2. The Morgan fingerprint density at radius 3 is 2.33 bits per heavy atom. The maximum atomic E-state index is 11.5. The second kappa shape index (κ2) is 12.6. The van der Waals surface area contributed by atoms with Gasteiger partial charge in [0.2, 0.25) is 0 Å². The van der Waals surface area contributed by atoms with Gasteiger partial charge in [-0.05, 0) is 26.2 Å². The van der Waals surface area contributed by atoms with Crippen LogP contribution in [-0.2, 0) is 11.4 Å². The van der Waals surface area contributed by atoms with Gasteiger partial charge >= 0.3 is 0 Å². The fourth-order valence-electron chi connectivity index (χ4n) is 1.61. The van der Waals surface area contributed by atoms with E-state index < -0.39 is 6.17 Å². The Hall–Kier alpha value is -1.82. The number of nitrogens with one attached hydrogen (secondary N) is 1. The number of halogens is 1. The molecule has 0 aromatic carbocycles. The first-order valence-corrected chi connectivity index (χ1v) is 8.80. The first-order chi connectivity index (χ1) is 11.6. The molecule has 0 radical (unpaired) electrons. The van der Waals surface area contributed by atoms with Crippen molar-refractivity contribution in [3.63, 3.8) is 0 Å². The van der Waals surface area contributed by atoms with Crippen molar-refractivity contribution in [2.75, 3.05) is 12.4 Å². The summed E-state index contributed by atoms with van der Waals surface area (Å²) < 4.78 is 11.5. The first kappa shape index (κ1) is 22.2. The van der Waals surface area contributed by atoms with Crippen molar-refractivity contribution in [3.05, 3.63) is 16.1 Å². The maximum Gasteiger partial charge on any atom is 0.182 e. The largest absolute Gasteiger partial charge is 0.389 e. The van der Waals surface area contributed by atoms with E-state index in [4.69, 9.17) is 9.90 Å². The van der Waals surface area contributed by atoms with Gasteiger partial charge in [-0.3, -0.25) is 0 Å². The monoisotopic (exact) mass is 371 g/mol. The minimum absolute atomic E-state index is 0.00543. The first-order valence-electron chi connectivity index (χ1n) is 7.11. The Morgan fingerprint density at radius 2 is 2.00 bits per heavy atom. The highest BCUT2D eigenvalue weighted by molar-refractivity contribution is 7.16. The molecular weight excluding hydrogens is 349 g/mol. The van der Waals surface area contributed by atoms with Crippen LogP contribution in [0.4, 0.5) is 9.52 Å². The van der Waals surface area contributed by atoms with Crippen molar-refractivity contribution in [1.82, 2.24) is 9.97 Å². The van der Waals surface area contributed by atoms with Crippen LogP contribution < -0.4 is 5.32 Å². The lowest BCUT2D eigenvalue weighted by molar-refractivity contribution is -0.0979. The number of aliphatic hydroxyl groups excluding tert-OH is 1. The lowest BCUT2D eigenvalue weighted by Gasteiger charge is -2.14. The third-order valence-corrected chi connectivity index (χ3v) is 4.99. The SMILES string of the molecule is C#C.C=O.CNc1nc(-c2sc(CO)nc2C)cs1.FC1CCC1. The highest BCUT2D eigenvalue weighted by atomic mass is 32.1. The lowest BCUT2D eigenvalue weighted by atomic mass is 9.98. The van der Waals surface area contributed by atoms with E-state index in [-0.39, 0.29) is 6.61 Å². The summed E-state index contributed by atoms with van der Waals surface area (Å²) in [7, 11) is 1.85. The molecule has 1 saturated carbocycles. The Kier molecular flexibility index (Phi) is 11.6. The van der Waals surface area contributed by atoms with Crippen LogP contribution in [-0.4, -0.2) is 35.1 Å². The molecule has 3 rings (SSSR count). The Bertz CT molecular complexity index is 609. The molecule has 2 heterocycles. The topological polar surface area (TPSA) is 75.1 Å². The van der Waals surface area contributed by atoms with Crippen molar-refractivity contribution >= 4 is 34.6 Å². The van der Waals surface area contributed by atoms with E-state index in [1.54, 1.807) is 11.3 Å². The molecular formula is C16H22FN3O2S2. The molecule has 2 aromatic rings. The highest BCUT2D eigenvalue weighted by Crippen LogP contribution is 2.32. The Labute approximate surface area is 150 Å². The molecule has 0 aliphatic heterocycles. The van der Waals surface area contributed by atoms with Crippen LogP contribution in [0, 0.1) is 19.8 Å². The van der Waals surface area contributed by atoms with Crippen LogP contribution in [0.15, 0.2) is 5.38 Å². The van der Waals surface area contributed by atoms with E-state index in [0.717, 1.165) is 45.7 Å². The van der Waals surface area contributed by atoms with E-state index in [0.29, 0.717) is 0 Å². The van der Waals surface area contributed by atoms with Crippen LogP contribution in [0.3, 0.4) is 0 Å². The predicted octanol–water partition coefficient (Wildman–Crippen LogP) is 3.68. The molecule has 24 heavy (non-hydrogen) atoms. The fourth-order valence-corrected chi connectivity index (χ4v) is 3.23. The van der Waals surface area contributed by atoms with E-state index >= 15 is 0 Å². The second-order valence-electron chi connectivity index (χ2n) is 4.50. The molecule has 0 spiro atoms. The third-order valence-electron chi connectivity index (χ3n) is 2.96. The quantitative estimate of drug-likeness (QED) is 0.805. The van der Waals surface area contributed by atoms with Crippen LogP contribution in [0.5, 0.6) is 0 Å². The zero-order valence-electron chi connectivity index (χ0n) is 13.8. The third kappa shape index (κ3) is 6.74. The molecule has 0 saturated heterocycles. The van der Waals surface area contributed by atoms with Gasteiger partial charge in [-0.25, -0.2) is 14.4 Å². The molecule has 1 aliphatic carbocycles. The Balaban J connectivity index is 0.000000490. The van der Waals surface area contributed by atoms with E-state index in [1.807, 2.05) is 26.1 Å². The molecule has 2 N–H and O–H groups in total. The van der Waals surface area contributed by atoms with Crippen molar-refractivity contribution in [2.45, 2.75) is 39.0 Å². The molecule has 0 atom stereocenters. The van der Waals surface area contributed by atoms with Crippen molar-refractivity contribution < 1.29 is 14.3 Å². The van der Waals surface area contributed by atoms with Gasteiger partial charge in [0.25, 0.3) is 0 Å². The summed E-state index contributed by atoms with van der Waals surface area (Å²) in [5.41, 5.74) is 1.86. The van der Waals surface area contributed by atoms with E-state index in [9.17, 15) is 4.39 Å². The van der Waals surface area contributed by atoms with Crippen LogP contribution in [0.25, 0.3) is 10.6 Å². The number of carbonyl (C=O) groups excluding carboxylic acids is 1. The zero-order valence-corrected chi connectivity index (χ0v) is 15.4. The van der Waals surface area contributed by atoms with Crippen molar-refractivity contribution in [3.8, 4) is 23.4 Å². The number of terminal acetylenes is 1. The summed E-state index contributed by atoms with van der Waals surface area (Å²) in [6, 6.07) is 0. The van der Waals surface area contributed by atoms with Gasteiger partial charge in [-0.1, -0.05) is 0 Å². The van der Waals surface area contributed by atoms with Crippen molar-refractivity contribution in [2.24, 2.45) is 0 Å². The van der Waals surface area contributed by atoms with Crippen LogP contribution in [0.1, 0.15) is 30.0 Å². The number of hydrogen-bond acceptors (Lipinski definition) is 7. The summed E-state index contributed by atoms with van der Waals surface area (Å²) in [5, 5.41) is 15.6. The maximum absolute atomic E-state index is 11.5. The second-order valence-corrected chi connectivity index (χ2v) is 6.44. The molecule has 0 unspecified atom stereocenters. The number of aryl methyl sites for hydroxylation is 1. The Morgan fingerprint density at radius 1 is 1.42 bits per heavy atom. The lowest BCUT2D eigenvalue weighted by Crippen LogP contribution is -2.09. The zero-order chi connectivity index (χ0) is 18.5. The number of alkyl halides is 1. The predicted molar refractivity (Wildman–Crippen MR) is 99.2 cm³/mol. The molecule has 1 aliphatic rings. The molecule has 2 aromatic heterocycles. The van der Waals surface area contributed by atoms with Crippen LogP contribution in [0.2, 0.25) is 0 Å². The summed E-state index contributed by atoms with van der Waals surface area (Å²) >= 11 is 3.06. The molecule has 0 amide bonds. The number of thiazole rings is 2. The van der Waals surface area contributed by atoms with Gasteiger partial charge < -0.3 is 15.2 Å². The average Bonchev–Trinajstić information content (AvgIpc) is 3.23. The summed E-state index contributed by atoms with van der Waals surface area (Å²) in [6.45, 7) is 3.93. The molecule has 0 bridgehead atoms. The smallest absolute Gasteiger partial charge is 0.182 e. The fraction of sp³-hybridized carbons (Fsp3) is 0.438. The minimum atomic E-state index is -0.435. The van der Waals surface area contributed by atoms with Gasteiger partial charge in [0, 0.05) is 12.4 Å². The van der Waals surface area contributed by atoms with Gasteiger partial charge in [0.15, 0.2) is 5.13 Å². The molecule has 1 fully saturated rings. The number of anilines is 1. The van der Waals surface area contributed by atoms with Crippen LogP contribution >= 0.6 is 22.7 Å². The summed E-state index contributed by atoms with van der Waals surface area (Å²) in [5.74, 6) is 0. The number of aromatic nitrogens is 2. The normalized spacial score (nSPS) is 12.2. The number of hydrogen-bond donors (Lipinski definition) is 2. The molecule has 132 valence electrons. The van der Waals surface area contributed by atoms with Gasteiger partial charge in [-0.2, -0.15) is 0 Å². The van der Waals surface area contributed by atoms with E-state index in [1.165, 1.54) is 11.3 Å². The number of aliphatic hydroxyl groups is 1. The average molecular weight is 372 g/mol. The standard InChI is InChI=1S/C9H11N3OS2.C4H7F.C2H2.CH2O/c1-5-8(15-7(3-13)11-5)6-4-14-9(10-2)12-6;5-4-2-1-3-4;2*1-2/h4,13H,3H2,1-2H3,(H,10,12);4H,1-3H2;1-2H;1H2. The molecule has 8 heteroatoms. The summed E-state index contributed by atoms with van der Waals surface area (Å²) in [4.78, 5) is 17.7. The molecule has 5 nitrogen and oxygen atoms in total. The summed E-state index contributed by atoms with van der Waals surface area (Å²) in [6.07, 6.45) is 10.3. The minimum Gasteiger partial charge on any atom is -0.389 e. The van der Waals surface area contributed by atoms with Gasteiger partial charge in [-0.15, -0.1) is 35.5 Å². The number of rotatable bonds is 3. The van der Waals surface area contributed by atoms with E-state index in [2.05, 4.69) is 28.1 Å². The number of carbonyl (C=O) groups is 1. The van der Waals surface area contributed by atoms with Gasteiger partial charge in [0.05, 0.1) is 22.9 Å². The van der Waals surface area contributed by atoms with Crippen molar-refractivity contribution in [1.29, 1.82) is 0 Å².